The first-order valence-corrected chi connectivity index (χ1v) is 3.27. The second kappa shape index (κ2) is 2.77. The van der Waals surface area contributed by atoms with Crippen LogP contribution in [0.2, 0.25) is 0 Å². The number of alkyl halides is 1. The number of hydrogen-bond donors (Lipinski definition) is 2. The second-order valence-electron chi connectivity index (χ2n) is 3.39. The van der Waals surface area contributed by atoms with Crippen LogP contribution in [0.3, 0.4) is 0 Å². The monoisotopic (exact) mass is 164 g/mol. The molecular weight excluding hydrogens is 151 g/mol. The van der Waals surface area contributed by atoms with Crippen molar-refractivity contribution in [2.24, 2.45) is 5.41 Å². The molecule has 0 aliphatic rings. The van der Waals surface area contributed by atoms with Gasteiger partial charge in [-0.1, -0.05) is 13.8 Å². The molecule has 0 fully saturated rings. The molecule has 0 spiro atoms. The number of carboxylic acids is 1. The molecule has 4 heteroatoms. The van der Waals surface area contributed by atoms with Gasteiger partial charge < -0.3 is 10.2 Å². The number of aliphatic carboxylic acids is 1. The summed E-state index contributed by atoms with van der Waals surface area (Å²) in [6.07, 6.45) is 0. The molecule has 2 N–H and O–H groups in total. The summed E-state index contributed by atoms with van der Waals surface area (Å²) in [6, 6.07) is 0. The Hall–Kier alpha value is -0.640. The lowest BCUT2D eigenvalue weighted by molar-refractivity contribution is -0.170. The molecule has 0 aliphatic carbocycles. The lowest BCUT2D eigenvalue weighted by Crippen LogP contribution is -2.50. The predicted octanol–water partition coefficient (Wildman–Crippen LogP) is 0.818. The van der Waals surface area contributed by atoms with E-state index < -0.39 is 23.7 Å². The van der Waals surface area contributed by atoms with Gasteiger partial charge >= 0.3 is 5.97 Å². The highest BCUT2D eigenvalue weighted by Crippen LogP contribution is 2.31. The van der Waals surface area contributed by atoms with Crippen LogP contribution in [0.1, 0.15) is 20.8 Å². The van der Waals surface area contributed by atoms with E-state index in [-0.39, 0.29) is 0 Å². The Labute approximate surface area is 64.8 Å². The fourth-order valence-corrected chi connectivity index (χ4v) is 0.420. The maximum atomic E-state index is 12.2. The summed E-state index contributed by atoms with van der Waals surface area (Å²) in [7, 11) is 0. The van der Waals surface area contributed by atoms with Crippen molar-refractivity contribution >= 4 is 5.97 Å². The van der Waals surface area contributed by atoms with Crippen LogP contribution in [0.4, 0.5) is 4.39 Å². The number of carboxylic acid groups (broad SMARTS) is 1. The lowest BCUT2D eigenvalue weighted by Gasteiger charge is -2.33. The van der Waals surface area contributed by atoms with E-state index in [0.29, 0.717) is 0 Å². The Bertz CT molecular complexity index is 163. The van der Waals surface area contributed by atoms with E-state index in [9.17, 15) is 14.3 Å². The second-order valence-corrected chi connectivity index (χ2v) is 3.39. The largest absolute Gasteiger partial charge is 0.479 e. The van der Waals surface area contributed by atoms with Gasteiger partial charge in [0.05, 0.1) is 6.67 Å². The zero-order valence-corrected chi connectivity index (χ0v) is 6.89. The summed E-state index contributed by atoms with van der Waals surface area (Å²) >= 11 is 0. The third-order valence-electron chi connectivity index (χ3n) is 2.07. The van der Waals surface area contributed by atoms with E-state index in [2.05, 4.69) is 0 Å². The van der Waals surface area contributed by atoms with Crippen LogP contribution in [0.15, 0.2) is 0 Å². The summed E-state index contributed by atoms with van der Waals surface area (Å²) < 4.78 is 12.2. The molecule has 1 atom stereocenters. The molecule has 0 saturated heterocycles. The smallest absolute Gasteiger partial charge is 0.336 e. The van der Waals surface area contributed by atoms with Gasteiger partial charge in [0.2, 0.25) is 0 Å². The van der Waals surface area contributed by atoms with Gasteiger partial charge in [-0.25, -0.2) is 4.79 Å². The van der Waals surface area contributed by atoms with Gasteiger partial charge in [0.1, 0.15) is 0 Å². The van der Waals surface area contributed by atoms with Gasteiger partial charge in [-0.2, -0.15) is 0 Å². The molecule has 0 bridgehead atoms. The molecule has 66 valence electrons. The topological polar surface area (TPSA) is 57.5 Å². The highest BCUT2D eigenvalue weighted by atomic mass is 19.1. The maximum absolute atomic E-state index is 12.2. The number of aliphatic hydroxyl groups is 1. The molecule has 3 nitrogen and oxygen atoms in total. The predicted molar refractivity (Wildman–Crippen MR) is 38.0 cm³/mol. The van der Waals surface area contributed by atoms with E-state index in [1.54, 1.807) is 0 Å². The Morgan fingerprint density at radius 2 is 1.82 bits per heavy atom. The Balaban J connectivity index is 4.67. The molecule has 0 aliphatic heterocycles. The SMILES string of the molecule is CC(C)(CF)C(C)(O)C(=O)O. The number of carbonyl (C=O) groups is 1. The van der Waals surface area contributed by atoms with E-state index in [1.807, 2.05) is 0 Å². The first-order valence-electron chi connectivity index (χ1n) is 3.27. The van der Waals surface area contributed by atoms with Gasteiger partial charge in [-0.3, -0.25) is 4.39 Å². The summed E-state index contributed by atoms with van der Waals surface area (Å²) in [5, 5.41) is 17.8. The first-order chi connectivity index (χ1) is 4.75. The summed E-state index contributed by atoms with van der Waals surface area (Å²) in [6.45, 7) is 2.95. The van der Waals surface area contributed by atoms with Crippen LogP contribution >= 0.6 is 0 Å². The molecule has 0 aromatic carbocycles. The van der Waals surface area contributed by atoms with Crippen molar-refractivity contribution in [3.63, 3.8) is 0 Å². The third-order valence-corrected chi connectivity index (χ3v) is 2.07. The first kappa shape index (κ1) is 10.4. The maximum Gasteiger partial charge on any atom is 0.336 e. The normalized spacial score (nSPS) is 17.5. The van der Waals surface area contributed by atoms with Crippen LogP contribution in [-0.2, 0) is 4.79 Å². The van der Waals surface area contributed by atoms with Crippen LogP contribution in [0.25, 0.3) is 0 Å². The molecule has 0 amide bonds. The van der Waals surface area contributed by atoms with Crippen LogP contribution in [0.5, 0.6) is 0 Å². The summed E-state index contributed by atoms with van der Waals surface area (Å²) in [4.78, 5) is 10.4. The van der Waals surface area contributed by atoms with E-state index in [1.165, 1.54) is 13.8 Å². The highest BCUT2D eigenvalue weighted by molar-refractivity contribution is 5.77. The van der Waals surface area contributed by atoms with Crippen molar-refractivity contribution in [1.29, 1.82) is 0 Å². The molecule has 0 radical (unpaired) electrons. The number of hydrogen-bond acceptors (Lipinski definition) is 2. The molecular formula is C7H13FO3. The van der Waals surface area contributed by atoms with Crippen LogP contribution < -0.4 is 0 Å². The Morgan fingerprint density at radius 3 is 1.91 bits per heavy atom. The summed E-state index contributed by atoms with van der Waals surface area (Å²) in [5.74, 6) is -1.40. The van der Waals surface area contributed by atoms with E-state index in [4.69, 9.17) is 5.11 Å². The van der Waals surface area contributed by atoms with Crippen molar-refractivity contribution in [3.05, 3.63) is 0 Å². The number of rotatable bonds is 3. The fourth-order valence-electron chi connectivity index (χ4n) is 0.420. The number of halogens is 1. The lowest BCUT2D eigenvalue weighted by atomic mass is 9.77. The van der Waals surface area contributed by atoms with E-state index >= 15 is 0 Å². The Morgan fingerprint density at radius 1 is 1.45 bits per heavy atom. The van der Waals surface area contributed by atoms with Gasteiger partial charge in [0.25, 0.3) is 0 Å². The quantitative estimate of drug-likeness (QED) is 0.649. The molecule has 0 saturated carbocycles. The molecule has 0 aromatic rings. The molecule has 1 unspecified atom stereocenters. The molecule has 0 heterocycles. The zero-order chi connectivity index (χ0) is 9.28. The summed E-state index contributed by atoms with van der Waals surface area (Å²) in [5.41, 5.74) is -3.26. The average molecular weight is 164 g/mol. The standard InChI is InChI=1S/C7H13FO3/c1-6(2,4-8)7(3,11)5(9)10/h11H,4H2,1-3H3,(H,9,10). The Kier molecular flexibility index (Phi) is 2.61. The third kappa shape index (κ3) is 1.68. The molecule has 0 rings (SSSR count). The average Bonchev–Trinajstić information content (AvgIpc) is 1.87. The van der Waals surface area contributed by atoms with E-state index in [0.717, 1.165) is 6.92 Å². The minimum absolute atomic E-state index is 0.869. The van der Waals surface area contributed by atoms with Crippen molar-refractivity contribution in [2.75, 3.05) is 6.67 Å². The fraction of sp³-hybridized carbons (Fsp3) is 0.857. The van der Waals surface area contributed by atoms with Crippen LogP contribution in [-0.4, -0.2) is 28.5 Å². The minimum Gasteiger partial charge on any atom is -0.479 e. The van der Waals surface area contributed by atoms with Crippen molar-refractivity contribution in [2.45, 2.75) is 26.4 Å². The van der Waals surface area contributed by atoms with Gasteiger partial charge in [-0.05, 0) is 6.92 Å². The molecule has 11 heavy (non-hydrogen) atoms. The van der Waals surface area contributed by atoms with Crippen LogP contribution in [0, 0.1) is 5.41 Å². The van der Waals surface area contributed by atoms with Crippen molar-refractivity contribution < 1.29 is 19.4 Å². The van der Waals surface area contributed by atoms with Crippen molar-refractivity contribution in [3.8, 4) is 0 Å². The van der Waals surface area contributed by atoms with Gasteiger partial charge in [0, 0.05) is 5.41 Å². The molecule has 0 aromatic heterocycles. The van der Waals surface area contributed by atoms with Gasteiger partial charge in [-0.15, -0.1) is 0 Å². The minimum atomic E-state index is -2.01. The van der Waals surface area contributed by atoms with Crippen molar-refractivity contribution in [1.82, 2.24) is 0 Å². The zero-order valence-electron chi connectivity index (χ0n) is 6.89. The highest BCUT2D eigenvalue weighted by Gasteiger charge is 2.46. The van der Waals surface area contributed by atoms with Gasteiger partial charge in [0.15, 0.2) is 5.60 Å².